The number of thiophene rings is 1. The molecule has 5 rings (SSSR count). The Morgan fingerprint density at radius 3 is 2.71 bits per heavy atom. The number of nitrogen functional groups attached to an aromatic ring is 1. The Morgan fingerprint density at radius 2 is 2.05 bits per heavy atom. The molecule has 1 atom stereocenters. The van der Waals surface area contributed by atoms with Crippen molar-refractivity contribution in [1.29, 1.82) is 0 Å². The summed E-state index contributed by atoms with van der Waals surface area (Å²) in [6, 6.07) is 8.21. The van der Waals surface area contributed by atoms with E-state index in [0.29, 0.717) is 16.5 Å². The standard InChI is InChI=1S/C16H19N3OS/c17-14-11-3-1-2-4-13(11)21-15(14)16(20)18-12-9-19-7-5-10(12)6-8-19/h1-4,10,12H,5-9,17H2,(H,18,20). The molecule has 3 fully saturated rings. The number of carbonyl (C=O) groups is 1. The van der Waals surface area contributed by atoms with Gasteiger partial charge in [-0.3, -0.25) is 4.79 Å². The molecule has 1 aromatic heterocycles. The van der Waals surface area contributed by atoms with Gasteiger partial charge < -0.3 is 16.0 Å². The van der Waals surface area contributed by atoms with Gasteiger partial charge in [0, 0.05) is 22.7 Å². The van der Waals surface area contributed by atoms with Crippen LogP contribution in [-0.2, 0) is 0 Å². The van der Waals surface area contributed by atoms with Crippen molar-refractivity contribution < 1.29 is 4.79 Å². The van der Waals surface area contributed by atoms with Crippen LogP contribution in [0.15, 0.2) is 24.3 Å². The molecule has 1 amide bonds. The fourth-order valence-electron chi connectivity index (χ4n) is 3.60. The summed E-state index contributed by atoms with van der Waals surface area (Å²) < 4.78 is 1.08. The summed E-state index contributed by atoms with van der Waals surface area (Å²) in [7, 11) is 0. The normalized spacial score (nSPS) is 27.9. The van der Waals surface area contributed by atoms with Gasteiger partial charge in [-0.05, 0) is 37.9 Å². The summed E-state index contributed by atoms with van der Waals surface area (Å²) in [5, 5.41) is 4.21. The molecule has 2 aromatic rings. The Labute approximate surface area is 127 Å². The molecule has 0 spiro atoms. The first-order chi connectivity index (χ1) is 10.2. The van der Waals surface area contributed by atoms with E-state index in [9.17, 15) is 4.79 Å². The number of rotatable bonds is 2. The first-order valence-electron chi connectivity index (χ1n) is 7.52. The van der Waals surface area contributed by atoms with Gasteiger partial charge in [0.25, 0.3) is 5.91 Å². The van der Waals surface area contributed by atoms with Crippen LogP contribution in [0.3, 0.4) is 0 Å². The number of nitrogens with one attached hydrogen (secondary N) is 1. The predicted octanol–water partition coefficient (Wildman–Crippen LogP) is 2.31. The number of amides is 1. The highest BCUT2D eigenvalue weighted by molar-refractivity contribution is 7.21. The largest absolute Gasteiger partial charge is 0.397 e. The molecular weight excluding hydrogens is 282 g/mol. The highest BCUT2D eigenvalue weighted by Gasteiger charge is 2.35. The van der Waals surface area contributed by atoms with Crippen LogP contribution in [0.2, 0.25) is 0 Å². The van der Waals surface area contributed by atoms with Crippen molar-refractivity contribution in [2.75, 3.05) is 25.4 Å². The van der Waals surface area contributed by atoms with E-state index in [0.717, 1.165) is 16.6 Å². The molecule has 110 valence electrons. The maximum Gasteiger partial charge on any atom is 0.263 e. The highest BCUT2D eigenvalue weighted by Crippen LogP contribution is 2.34. The fourth-order valence-corrected chi connectivity index (χ4v) is 4.62. The van der Waals surface area contributed by atoms with E-state index in [1.54, 1.807) is 0 Å². The van der Waals surface area contributed by atoms with E-state index < -0.39 is 0 Å². The fraction of sp³-hybridized carbons (Fsp3) is 0.438. The van der Waals surface area contributed by atoms with E-state index in [-0.39, 0.29) is 11.9 Å². The molecule has 21 heavy (non-hydrogen) atoms. The van der Waals surface area contributed by atoms with Crippen molar-refractivity contribution >= 4 is 33.0 Å². The van der Waals surface area contributed by atoms with Crippen molar-refractivity contribution in [1.82, 2.24) is 10.2 Å². The Bertz CT molecular complexity index is 688. The second kappa shape index (κ2) is 5.00. The van der Waals surface area contributed by atoms with Gasteiger partial charge in [-0.2, -0.15) is 0 Å². The zero-order valence-electron chi connectivity index (χ0n) is 11.8. The zero-order chi connectivity index (χ0) is 14.4. The van der Waals surface area contributed by atoms with Crippen LogP contribution in [0.25, 0.3) is 10.1 Å². The van der Waals surface area contributed by atoms with Gasteiger partial charge in [-0.25, -0.2) is 0 Å². The zero-order valence-corrected chi connectivity index (χ0v) is 12.7. The number of anilines is 1. The number of hydrogen-bond acceptors (Lipinski definition) is 4. The third-order valence-electron chi connectivity index (χ3n) is 4.81. The lowest BCUT2D eigenvalue weighted by molar-refractivity contribution is 0.0623. The molecule has 0 radical (unpaired) electrons. The molecule has 3 aliphatic heterocycles. The molecule has 3 saturated heterocycles. The molecular formula is C16H19N3OS. The number of nitrogens with two attached hydrogens (primary N) is 1. The molecule has 0 saturated carbocycles. The third kappa shape index (κ3) is 2.21. The average Bonchev–Trinajstić information content (AvgIpc) is 2.86. The van der Waals surface area contributed by atoms with Gasteiger partial charge in [-0.1, -0.05) is 18.2 Å². The Kier molecular flexibility index (Phi) is 3.12. The molecule has 1 aromatic carbocycles. The Morgan fingerprint density at radius 1 is 1.29 bits per heavy atom. The monoisotopic (exact) mass is 301 g/mol. The van der Waals surface area contributed by atoms with Gasteiger partial charge in [0.15, 0.2) is 0 Å². The van der Waals surface area contributed by atoms with Crippen molar-refractivity contribution in [3.05, 3.63) is 29.1 Å². The average molecular weight is 301 g/mol. The third-order valence-corrected chi connectivity index (χ3v) is 6.00. The van der Waals surface area contributed by atoms with E-state index in [2.05, 4.69) is 10.2 Å². The van der Waals surface area contributed by atoms with Gasteiger partial charge in [-0.15, -0.1) is 11.3 Å². The maximum atomic E-state index is 12.6. The lowest BCUT2D eigenvalue weighted by atomic mass is 9.84. The second-order valence-electron chi connectivity index (χ2n) is 6.06. The topological polar surface area (TPSA) is 58.4 Å². The minimum atomic E-state index is -0.00699. The first kappa shape index (κ1) is 13.1. The van der Waals surface area contributed by atoms with E-state index in [1.165, 1.54) is 37.3 Å². The second-order valence-corrected chi connectivity index (χ2v) is 7.11. The minimum Gasteiger partial charge on any atom is -0.397 e. The molecule has 0 aliphatic carbocycles. The predicted molar refractivity (Wildman–Crippen MR) is 86.7 cm³/mol. The number of hydrogen-bond donors (Lipinski definition) is 2. The number of benzene rings is 1. The minimum absolute atomic E-state index is 0.00699. The van der Waals surface area contributed by atoms with Crippen molar-refractivity contribution in [3.8, 4) is 0 Å². The number of carbonyl (C=O) groups excluding carboxylic acids is 1. The lowest BCUT2D eigenvalue weighted by Crippen LogP contribution is -2.57. The summed E-state index contributed by atoms with van der Waals surface area (Å²) in [6.45, 7) is 3.35. The quantitative estimate of drug-likeness (QED) is 0.895. The summed E-state index contributed by atoms with van der Waals surface area (Å²) in [5.41, 5.74) is 6.78. The summed E-state index contributed by atoms with van der Waals surface area (Å²) in [6.07, 6.45) is 2.40. The molecule has 5 heteroatoms. The molecule has 1 unspecified atom stereocenters. The van der Waals surface area contributed by atoms with Crippen molar-refractivity contribution in [2.24, 2.45) is 5.92 Å². The molecule has 3 aliphatic rings. The van der Waals surface area contributed by atoms with Crippen LogP contribution in [-0.4, -0.2) is 36.5 Å². The highest BCUT2D eigenvalue weighted by atomic mass is 32.1. The van der Waals surface area contributed by atoms with Crippen molar-refractivity contribution in [2.45, 2.75) is 18.9 Å². The summed E-state index contributed by atoms with van der Waals surface area (Å²) in [5.74, 6) is 0.627. The van der Waals surface area contributed by atoms with Gasteiger partial charge >= 0.3 is 0 Å². The van der Waals surface area contributed by atoms with Crippen LogP contribution < -0.4 is 11.1 Å². The summed E-state index contributed by atoms with van der Waals surface area (Å²) >= 11 is 1.49. The summed E-state index contributed by atoms with van der Waals surface area (Å²) in [4.78, 5) is 15.7. The van der Waals surface area contributed by atoms with Crippen LogP contribution in [0.1, 0.15) is 22.5 Å². The molecule has 4 nitrogen and oxygen atoms in total. The number of piperidine rings is 3. The Hall–Kier alpha value is -1.59. The first-order valence-corrected chi connectivity index (χ1v) is 8.34. The number of fused-ring (bicyclic) bond motifs is 4. The SMILES string of the molecule is Nc1c(C(=O)NC2CN3CCC2CC3)sc2ccccc12. The Balaban J connectivity index is 1.58. The van der Waals surface area contributed by atoms with Crippen LogP contribution in [0.4, 0.5) is 5.69 Å². The number of nitrogens with zero attached hydrogens (tertiary/aromatic N) is 1. The van der Waals surface area contributed by atoms with E-state index in [1.807, 2.05) is 24.3 Å². The smallest absolute Gasteiger partial charge is 0.263 e. The van der Waals surface area contributed by atoms with Crippen LogP contribution in [0, 0.1) is 5.92 Å². The molecule has 2 bridgehead atoms. The molecule has 4 heterocycles. The van der Waals surface area contributed by atoms with Crippen LogP contribution in [0.5, 0.6) is 0 Å². The van der Waals surface area contributed by atoms with Gasteiger partial charge in [0.1, 0.15) is 4.88 Å². The maximum absolute atomic E-state index is 12.6. The molecule has 3 N–H and O–H groups in total. The van der Waals surface area contributed by atoms with E-state index in [4.69, 9.17) is 5.73 Å². The lowest BCUT2D eigenvalue weighted by Gasteiger charge is -2.44. The van der Waals surface area contributed by atoms with Gasteiger partial charge in [0.2, 0.25) is 0 Å². The van der Waals surface area contributed by atoms with Gasteiger partial charge in [0.05, 0.1) is 5.69 Å². The van der Waals surface area contributed by atoms with Crippen LogP contribution >= 0.6 is 11.3 Å². The van der Waals surface area contributed by atoms with Crippen molar-refractivity contribution in [3.63, 3.8) is 0 Å². The van der Waals surface area contributed by atoms with E-state index >= 15 is 0 Å².